The molecule has 0 saturated carbocycles. The van der Waals surface area contributed by atoms with Crippen LogP contribution in [0.2, 0.25) is 0 Å². The molecule has 0 saturated heterocycles. The predicted molar refractivity (Wildman–Crippen MR) is 150 cm³/mol. The highest BCUT2D eigenvalue weighted by atomic mass is 35.5. The summed E-state index contributed by atoms with van der Waals surface area (Å²) in [5.41, 5.74) is 8.38. The summed E-state index contributed by atoms with van der Waals surface area (Å²) >= 11 is 1.90. The Morgan fingerprint density at radius 1 is 1.06 bits per heavy atom. The van der Waals surface area contributed by atoms with Gasteiger partial charge in [0.1, 0.15) is 5.75 Å². The first kappa shape index (κ1) is 31.3. The molecule has 0 aliphatic rings. The smallest absolute Gasteiger partial charge is 0.223 e. The van der Waals surface area contributed by atoms with Gasteiger partial charge in [0.25, 0.3) is 0 Å². The quantitative estimate of drug-likeness (QED) is 0.306. The monoisotopic (exact) mass is 522 g/mol. The summed E-state index contributed by atoms with van der Waals surface area (Å²) < 4.78 is 5.34. The third-order valence-electron chi connectivity index (χ3n) is 5.97. The second-order valence-corrected chi connectivity index (χ2v) is 10.3. The molecule has 2 rings (SSSR count). The zero-order valence-corrected chi connectivity index (χ0v) is 23.0. The number of thioether (sulfide) groups is 1. The number of benzene rings is 2. The van der Waals surface area contributed by atoms with E-state index in [1.54, 1.807) is 12.0 Å². The fraction of sp³-hybridized carbons (Fsp3) is 0.536. The van der Waals surface area contributed by atoms with E-state index in [9.17, 15) is 9.90 Å². The fourth-order valence-electron chi connectivity index (χ4n) is 4.06. The number of carbonyl (C=O) groups is 1. The number of rotatable bonds is 16. The normalized spacial score (nSPS) is 12.6. The molecule has 0 radical (unpaired) electrons. The lowest BCUT2D eigenvalue weighted by Gasteiger charge is -2.29. The maximum Gasteiger partial charge on any atom is 0.223 e. The summed E-state index contributed by atoms with van der Waals surface area (Å²) in [5.74, 6) is 1.60. The van der Waals surface area contributed by atoms with Gasteiger partial charge in [-0.15, -0.1) is 12.4 Å². The standard InChI is InChI=1S/C28H42N2O3S.ClH/c1-4-10-25(11-5-2)34-17-16-28(32)30(20-23-14-9-15-24(18-23)33-3)21-27(31)26(29)19-22-12-7-6-8-13-22;/h6-9,12-15,18,25-27,31H,4-5,10-11,16-17,19-21,29H2,1-3H3;1H/t26-,27+;/m0./s1. The molecular formula is C28H43ClN2O3S. The van der Waals surface area contributed by atoms with E-state index in [-0.39, 0.29) is 24.9 Å². The number of carbonyl (C=O) groups excluding carboxylic acids is 1. The van der Waals surface area contributed by atoms with E-state index in [2.05, 4.69) is 13.8 Å². The van der Waals surface area contributed by atoms with Crippen LogP contribution in [-0.4, -0.2) is 52.7 Å². The van der Waals surface area contributed by atoms with Crippen LogP contribution in [0.25, 0.3) is 0 Å². The van der Waals surface area contributed by atoms with E-state index in [0.717, 1.165) is 22.6 Å². The zero-order chi connectivity index (χ0) is 24.8. The Morgan fingerprint density at radius 2 is 1.71 bits per heavy atom. The molecule has 0 heterocycles. The molecule has 0 spiro atoms. The molecule has 1 amide bonds. The summed E-state index contributed by atoms with van der Waals surface area (Å²) in [6, 6.07) is 17.2. The second kappa shape index (κ2) is 17.7. The third-order valence-corrected chi connectivity index (χ3v) is 7.35. The minimum atomic E-state index is -0.810. The Labute approximate surface area is 222 Å². The summed E-state index contributed by atoms with van der Waals surface area (Å²) in [7, 11) is 1.63. The van der Waals surface area contributed by atoms with Crippen LogP contribution >= 0.6 is 24.2 Å². The molecule has 7 heteroatoms. The highest BCUT2D eigenvalue weighted by Crippen LogP contribution is 2.23. The molecular weight excluding hydrogens is 480 g/mol. The molecule has 0 fully saturated rings. The lowest BCUT2D eigenvalue weighted by molar-refractivity contribution is -0.133. The topological polar surface area (TPSA) is 75.8 Å². The molecule has 2 atom stereocenters. The van der Waals surface area contributed by atoms with Crippen molar-refractivity contribution in [3.63, 3.8) is 0 Å². The predicted octanol–water partition coefficient (Wildman–Crippen LogP) is 5.47. The molecule has 2 aromatic rings. The van der Waals surface area contributed by atoms with Crippen molar-refractivity contribution in [2.75, 3.05) is 19.4 Å². The van der Waals surface area contributed by atoms with Crippen LogP contribution in [0, 0.1) is 0 Å². The average Bonchev–Trinajstić information content (AvgIpc) is 2.84. The second-order valence-electron chi connectivity index (χ2n) is 8.87. The number of methoxy groups -OCH3 is 1. The summed E-state index contributed by atoms with van der Waals surface area (Å²) in [5, 5.41) is 11.5. The highest BCUT2D eigenvalue weighted by Gasteiger charge is 2.23. The molecule has 0 bridgehead atoms. The molecule has 5 nitrogen and oxygen atoms in total. The van der Waals surface area contributed by atoms with Gasteiger partial charge in [0.2, 0.25) is 5.91 Å². The molecule has 2 aromatic carbocycles. The summed E-state index contributed by atoms with van der Waals surface area (Å²) in [6.45, 7) is 5.06. The molecule has 0 aliphatic carbocycles. The molecule has 0 aromatic heterocycles. The van der Waals surface area contributed by atoms with Crippen molar-refractivity contribution < 1.29 is 14.6 Å². The number of hydrogen-bond acceptors (Lipinski definition) is 5. The fourth-order valence-corrected chi connectivity index (χ4v) is 5.49. The first-order valence-corrected chi connectivity index (χ1v) is 13.5. The van der Waals surface area contributed by atoms with Crippen LogP contribution in [0.15, 0.2) is 54.6 Å². The lowest BCUT2D eigenvalue weighted by atomic mass is 10.0. The first-order chi connectivity index (χ1) is 16.5. The molecule has 3 N–H and O–H groups in total. The first-order valence-electron chi connectivity index (χ1n) is 12.5. The average molecular weight is 523 g/mol. The van der Waals surface area contributed by atoms with Gasteiger partial charge >= 0.3 is 0 Å². The number of nitrogens with two attached hydrogens (primary N) is 1. The van der Waals surface area contributed by atoms with Crippen molar-refractivity contribution in [3.8, 4) is 5.75 Å². The van der Waals surface area contributed by atoms with E-state index in [1.165, 1.54) is 25.7 Å². The minimum absolute atomic E-state index is 0. The number of halogens is 1. The molecule has 0 unspecified atom stereocenters. The van der Waals surface area contributed by atoms with E-state index in [0.29, 0.717) is 24.6 Å². The Balaban J connectivity index is 0.00000612. The van der Waals surface area contributed by atoms with Gasteiger partial charge in [-0.2, -0.15) is 11.8 Å². The van der Waals surface area contributed by atoms with Gasteiger partial charge in [-0.25, -0.2) is 0 Å². The number of ether oxygens (including phenoxy) is 1. The van der Waals surface area contributed by atoms with Gasteiger partial charge in [-0.3, -0.25) is 4.79 Å². The van der Waals surface area contributed by atoms with Crippen LogP contribution in [-0.2, 0) is 17.8 Å². The van der Waals surface area contributed by atoms with Gasteiger partial charge in [-0.05, 0) is 42.5 Å². The van der Waals surface area contributed by atoms with Gasteiger partial charge in [0, 0.05) is 36.6 Å². The van der Waals surface area contributed by atoms with Gasteiger partial charge in [0.15, 0.2) is 0 Å². The van der Waals surface area contributed by atoms with Gasteiger partial charge in [-0.1, -0.05) is 69.2 Å². The Kier molecular flexibility index (Phi) is 15.8. The molecule has 0 aliphatic heterocycles. The van der Waals surface area contributed by atoms with Gasteiger partial charge < -0.3 is 20.5 Å². The van der Waals surface area contributed by atoms with E-state index in [4.69, 9.17) is 10.5 Å². The summed E-state index contributed by atoms with van der Waals surface area (Å²) in [6.07, 6.45) is 4.92. The van der Waals surface area contributed by atoms with Crippen molar-refractivity contribution in [1.29, 1.82) is 0 Å². The van der Waals surface area contributed by atoms with Crippen LogP contribution < -0.4 is 10.5 Å². The highest BCUT2D eigenvalue weighted by molar-refractivity contribution is 7.99. The van der Waals surface area contributed by atoms with Crippen LogP contribution in [0.3, 0.4) is 0 Å². The number of amides is 1. The Morgan fingerprint density at radius 3 is 2.34 bits per heavy atom. The zero-order valence-electron chi connectivity index (χ0n) is 21.4. The number of hydrogen-bond donors (Lipinski definition) is 2. The maximum atomic E-state index is 13.2. The molecule has 196 valence electrons. The third kappa shape index (κ3) is 11.7. The molecule has 35 heavy (non-hydrogen) atoms. The SMILES string of the molecule is CCCC(CCC)SCCC(=O)N(Cc1cccc(OC)c1)C[C@@H](O)[C@@H](N)Cc1ccccc1.Cl. The number of aliphatic hydroxyl groups is 1. The van der Waals surface area contributed by atoms with Crippen molar-refractivity contribution >= 4 is 30.1 Å². The van der Waals surface area contributed by atoms with Crippen LogP contribution in [0.5, 0.6) is 5.75 Å². The maximum absolute atomic E-state index is 13.2. The summed E-state index contributed by atoms with van der Waals surface area (Å²) in [4.78, 5) is 15.0. The van der Waals surface area contributed by atoms with Crippen LogP contribution in [0.4, 0.5) is 0 Å². The largest absolute Gasteiger partial charge is 0.497 e. The van der Waals surface area contributed by atoms with E-state index < -0.39 is 12.1 Å². The van der Waals surface area contributed by atoms with Crippen molar-refractivity contribution in [2.24, 2.45) is 5.73 Å². The number of nitrogens with zero attached hydrogens (tertiary/aromatic N) is 1. The van der Waals surface area contributed by atoms with E-state index in [1.807, 2.05) is 66.4 Å². The van der Waals surface area contributed by atoms with E-state index >= 15 is 0 Å². The number of aliphatic hydroxyl groups excluding tert-OH is 1. The van der Waals surface area contributed by atoms with Crippen molar-refractivity contribution in [1.82, 2.24) is 4.90 Å². The van der Waals surface area contributed by atoms with Crippen molar-refractivity contribution in [3.05, 3.63) is 65.7 Å². The Bertz CT molecular complexity index is 834. The Hall–Kier alpha value is -1.73. The van der Waals surface area contributed by atoms with Crippen LogP contribution in [0.1, 0.15) is 57.1 Å². The lowest BCUT2D eigenvalue weighted by Crippen LogP contribution is -2.46. The minimum Gasteiger partial charge on any atom is -0.497 e. The van der Waals surface area contributed by atoms with Gasteiger partial charge in [0.05, 0.1) is 13.2 Å². The van der Waals surface area contributed by atoms with Crippen molar-refractivity contribution in [2.45, 2.75) is 76.3 Å².